The summed E-state index contributed by atoms with van der Waals surface area (Å²) in [5, 5.41) is 7.69. The fraction of sp³-hybridized carbons (Fsp3) is 0.389. The van der Waals surface area contributed by atoms with Crippen LogP contribution in [-0.2, 0) is 16.1 Å². The summed E-state index contributed by atoms with van der Waals surface area (Å²) in [4.78, 5) is 24.3. The Morgan fingerprint density at radius 3 is 2.69 bits per heavy atom. The zero-order valence-electron chi connectivity index (χ0n) is 14.9. The van der Waals surface area contributed by atoms with Crippen molar-refractivity contribution in [2.45, 2.75) is 40.2 Å². The average Bonchev–Trinajstić information content (AvgIpc) is 2.88. The molecular formula is C18H21Cl2N3O3. The minimum Gasteiger partial charge on any atom is -0.452 e. The van der Waals surface area contributed by atoms with Gasteiger partial charge < -0.3 is 10.1 Å². The first-order valence-electron chi connectivity index (χ1n) is 8.30. The van der Waals surface area contributed by atoms with E-state index in [0.717, 1.165) is 18.4 Å². The maximum Gasteiger partial charge on any atom is 0.343 e. The molecule has 0 spiro atoms. The molecule has 0 saturated heterocycles. The second-order valence-electron chi connectivity index (χ2n) is 5.86. The third kappa shape index (κ3) is 4.77. The van der Waals surface area contributed by atoms with Gasteiger partial charge in [-0.1, -0.05) is 42.6 Å². The van der Waals surface area contributed by atoms with Crippen molar-refractivity contribution in [2.75, 3.05) is 11.9 Å². The molecular weight excluding hydrogens is 377 g/mol. The summed E-state index contributed by atoms with van der Waals surface area (Å²) in [7, 11) is 0. The number of carbonyl (C=O) groups is 2. The van der Waals surface area contributed by atoms with E-state index in [2.05, 4.69) is 17.3 Å². The van der Waals surface area contributed by atoms with Crippen LogP contribution in [0, 0.1) is 13.8 Å². The predicted octanol–water partition coefficient (Wildman–Crippen LogP) is 4.40. The first kappa shape index (κ1) is 20.3. The van der Waals surface area contributed by atoms with Crippen molar-refractivity contribution >= 4 is 40.8 Å². The van der Waals surface area contributed by atoms with Crippen molar-refractivity contribution in [3.63, 3.8) is 0 Å². The van der Waals surface area contributed by atoms with Crippen molar-refractivity contribution in [1.82, 2.24) is 9.78 Å². The van der Waals surface area contributed by atoms with Crippen molar-refractivity contribution in [1.29, 1.82) is 0 Å². The van der Waals surface area contributed by atoms with Crippen LogP contribution in [0.5, 0.6) is 0 Å². The van der Waals surface area contributed by atoms with Crippen LogP contribution in [0.1, 0.15) is 41.4 Å². The number of amides is 1. The number of carbonyl (C=O) groups excluding carboxylic acids is 2. The molecule has 2 aromatic rings. The van der Waals surface area contributed by atoms with Gasteiger partial charge in [0.15, 0.2) is 6.61 Å². The highest BCUT2D eigenvalue weighted by Gasteiger charge is 2.22. The molecule has 0 atom stereocenters. The van der Waals surface area contributed by atoms with Gasteiger partial charge in [0.1, 0.15) is 10.7 Å². The number of esters is 1. The number of halogens is 2. The SMILES string of the molecule is CCCCn1nc(C)c(C(=O)OCC(=O)Nc2cccc(Cl)c2C)c1Cl. The maximum atomic E-state index is 12.3. The van der Waals surface area contributed by atoms with Crippen LogP contribution in [0.2, 0.25) is 10.2 Å². The molecule has 1 N–H and O–H groups in total. The maximum absolute atomic E-state index is 12.3. The third-order valence-corrected chi connectivity index (χ3v) is 4.66. The number of anilines is 1. The van der Waals surface area contributed by atoms with Gasteiger partial charge in [-0.2, -0.15) is 5.10 Å². The monoisotopic (exact) mass is 397 g/mol. The molecule has 8 heteroatoms. The molecule has 1 heterocycles. The number of hydrogen-bond donors (Lipinski definition) is 1. The van der Waals surface area contributed by atoms with Gasteiger partial charge in [0, 0.05) is 17.3 Å². The van der Waals surface area contributed by atoms with Gasteiger partial charge >= 0.3 is 5.97 Å². The van der Waals surface area contributed by atoms with Gasteiger partial charge in [-0.3, -0.25) is 9.48 Å². The Labute approximate surface area is 162 Å². The molecule has 0 fully saturated rings. The molecule has 0 saturated carbocycles. The lowest BCUT2D eigenvalue weighted by Gasteiger charge is -2.10. The molecule has 1 aromatic heterocycles. The number of aromatic nitrogens is 2. The fourth-order valence-corrected chi connectivity index (χ4v) is 2.88. The standard InChI is InChI=1S/C18H21Cl2N3O3/c1-4-5-9-23-17(20)16(12(3)22-23)18(25)26-10-15(24)21-14-8-6-7-13(19)11(14)2/h6-8H,4-5,9-10H2,1-3H3,(H,21,24). The minimum atomic E-state index is -0.673. The molecule has 0 bridgehead atoms. The Balaban J connectivity index is 1.99. The third-order valence-electron chi connectivity index (χ3n) is 3.87. The Morgan fingerprint density at radius 1 is 1.27 bits per heavy atom. The molecule has 0 aliphatic carbocycles. The number of nitrogens with zero attached hydrogens (tertiary/aromatic N) is 2. The Hall–Kier alpha value is -2.05. The Bertz CT molecular complexity index is 818. The summed E-state index contributed by atoms with van der Waals surface area (Å²) in [6.45, 7) is 5.72. The quantitative estimate of drug-likeness (QED) is 0.702. The number of ether oxygens (including phenoxy) is 1. The second kappa shape index (κ2) is 9.05. The molecule has 2 rings (SSSR count). The summed E-state index contributed by atoms with van der Waals surface area (Å²) >= 11 is 12.2. The van der Waals surface area contributed by atoms with E-state index in [1.165, 1.54) is 0 Å². The van der Waals surface area contributed by atoms with Crippen LogP contribution in [-0.4, -0.2) is 28.3 Å². The van der Waals surface area contributed by atoms with E-state index in [-0.39, 0.29) is 10.7 Å². The summed E-state index contributed by atoms with van der Waals surface area (Å²) in [5.41, 5.74) is 1.97. The first-order chi connectivity index (χ1) is 12.3. The molecule has 0 aliphatic heterocycles. The summed E-state index contributed by atoms with van der Waals surface area (Å²) in [5.74, 6) is -1.14. The van der Waals surface area contributed by atoms with Crippen LogP contribution < -0.4 is 5.32 Å². The second-order valence-corrected chi connectivity index (χ2v) is 6.63. The Kier molecular flexibility index (Phi) is 7.06. The van der Waals surface area contributed by atoms with Crippen LogP contribution in [0.15, 0.2) is 18.2 Å². The normalized spacial score (nSPS) is 10.7. The molecule has 1 amide bonds. The smallest absolute Gasteiger partial charge is 0.343 e. The minimum absolute atomic E-state index is 0.189. The molecule has 0 radical (unpaired) electrons. The van der Waals surface area contributed by atoms with Gasteiger partial charge in [-0.15, -0.1) is 0 Å². The van der Waals surface area contributed by atoms with Gasteiger partial charge in [0.05, 0.1) is 5.69 Å². The lowest BCUT2D eigenvalue weighted by atomic mass is 10.2. The molecule has 0 aliphatic rings. The molecule has 6 nitrogen and oxygen atoms in total. The van der Waals surface area contributed by atoms with E-state index in [1.807, 2.05) is 0 Å². The van der Waals surface area contributed by atoms with Crippen LogP contribution >= 0.6 is 23.2 Å². The number of rotatable bonds is 7. The zero-order valence-corrected chi connectivity index (χ0v) is 16.4. The molecule has 26 heavy (non-hydrogen) atoms. The highest BCUT2D eigenvalue weighted by Crippen LogP contribution is 2.23. The number of unbranched alkanes of at least 4 members (excludes halogenated alkanes) is 1. The fourth-order valence-electron chi connectivity index (χ4n) is 2.37. The van der Waals surface area contributed by atoms with Crippen LogP contribution in [0.4, 0.5) is 5.69 Å². The van der Waals surface area contributed by atoms with Crippen molar-refractivity contribution < 1.29 is 14.3 Å². The summed E-state index contributed by atoms with van der Waals surface area (Å²) < 4.78 is 6.67. The van der Waals surface area contributed by atoms with Gasteiger partial charge in [-0.25, -0.2) is 4.79 Å². The lowest BCUT2D eigenvalue weighted by Crippen LogP contribution is -2.21. The highest BCUT2D eigenvalue weighted by molar-refractivity contribution is 6.33. The van der Waals surface area contributed by atoms with E-state index in [4.69, 9.17) is 27.9 Å². The number of hydrogen-bond acceptors (Lipinski definition) is 4. The number of nitrogens with one attached hydrogen (secondary N) is 1. The summed E-state index contributed by atoms with van der Waals surface area (Å²) in [6, 6.07) is 5.18. The molecule has 1 aromatic carbocycles. The van der Waals surface area contributed by atoms with E-state index in [0.29, 0.717) is 22.9 Å². The van der Waals surface area contributed by atoms with E-state index in [9.17, 15) is 9.59 Å². The molecule has 140 valence electrons. The van der Waals surface area contributed by atoms with Crippen molar-refractivity contribution in [3.8, 4) is 0 Å². The highest BCUT2D eigenvalue weighted by atomic mass is 35.5. The van der Waals surface area contributed by atoms with E-state index < -0.39 is 18.5 Å². The van der Waals surface area contributed by atoms with Crippen molar-refractivity contribution in [3.05, 3.63) is 45.2 Å². The predicted molar refractivity (Wildman–Crippen MR) is 102 cm³/mol. The van der Waals surface area contributed by atoms with E-state index >= 15 is 0 Å². The Morgan fingerprint density at radius 2 is 2.00 bits per heavy atom. The van der Waals surface area contributed by atoms with Gasteiger partial charge in [-0.05, 0) is 38.0 Å². The number of aryl methyl sites for hydroxylation is 2. The van der Waals surface area contributed by atoms with Gasteiger partial charge in [0.2, 0.25) is 0 Å². The zero-order chi connectivity index (χ0) is 19.3. The van der Waals surface area contributed by atoms with Gasteiger partial charge in [0.25, 0.3) is 5.91 Å². The van der Waals surface area contributed by atoms with E-state index in [1.54, 1.807) is 36.7 Å². The van der Waals surface area contributed by atoms with Crippen LogP contribution in [0.25, 0.3) is 0 Å². The molecule has 0 unspecified atom stereocenters. The lowest BCUT2D eigenvalue weighted by molar-refractivity contribution is -0.119. The average molecular weight is 398 g/mol. The first-order valence-corrected chi connectivity index (χ1v) is 9.05. The van der Waals surface area contributed by atoms with Crippen LogP contribution in [0.3, 0.4) is 0 Å². The topological polar surface area (TPSA) is 73.2 Å². The summed E-state index contributed by atoms with van der Waals surface area (Å²) in [6.07, 6.45) is 1.88. The number of benzene rings is 1. The largest absolute Gasteiger partial charge is 0.452 e. The van der Waals surface area contributed by atoms with Crippen molar-refractivity contribution in [2.24, 2.45) is 0 Å².